The third-order valence-electron chi connectivity index (χ3n) is 7.58. The fourth-order valence-electron chi connectivity index (χ4n) is 4.96. The van der Waals surface area contributed by atoms with Gasteiger partial charge in [-0.2, -0.15) is 14.6 Å². The zero-order valence-corrected chi connectivity index (χ0v) is 27.5. The molecule has 0 bridgehead atoms. The molecule has 46 heavy (non-hydrogen) atoms. The van der Waals surface area contributed by atoms with Crippen LogP contribution in [0.3, 0.4) is 0 Å². The fourth-order valence-corrected chi connectivity index (χ4v) is 5.73. The lowest BCUT2D eigenvalue weighted by Gasteiger charge is -2.28. The van der Waals surface area contributed by atoms with E-state index in [0.717, 1.165) is 37.8 Å². The number of rotatable bonds is 10. The van der Waals surface area contributed by atoms with Gasteiger partial charge in [0.15, 0.2) is 12.5 Å². The van der Waals surface area contributed by atoms with Crippen molar-refractivity contribution in [3.63, 3.8) is 0 Å². The Kier molecular flexibility index (Phi) is 11.2. The number of ether oxygens (including phenoxy) is 2. The number of esters is 1. The van der Waals surface area contributed by atoms with Gasteiger partial charge in [-0.3, -0.25) is 14.3 Å². The largest absolute Gasteiger partial charge is 0.441 e. The highest BCUT2D eigenvalue weighted by atomic mass is 35.5. The van der Waals surface area contributed by atoms with Crippen LogP contribution in [-0.2, 0) is 21.0 Å². The van der Waals surface area contributed by atoms with Gasteiger partial charge in [0.2, 0.25) is 5.95 Å². The van der Waals surface area contributed by atoms with Crippen molar-refractivity contribution in [2.45, 2.75) is 78.3 Å². The SMILES string of the molecule is CCOC1CCC(n2cc(NC(=O)c3csc(-c4cnn(COC(=O)C(N)C(C)(C)C)c4)n3)c(-c3nc(F)ccc3F)n2)CC1.Cl. The van der Waals surface area contributed by atoms with E-state index in [-0.39, 0.29) is 54.1 Å². The normalized spacial score (nSPS) is 17.3. The van der Waals surface area contributed by atoms with Gasteiger partial charge in [-0.1, -0.05) is 20.8 Å². The number of hydrogen-bond acceptors (Lipinski definition) is 10. The van der Waals surface area contributed by atoms with E-state index >= 15 is 0 Å². The van der Waals surface area contributed by atoms with E-state index in [9.17, 15) is 18.4 Å². The fraction of sp³-hybridized carbons (Fsp3) is 0.467. The summed E-state index contributed by atoms with van der Waals surface area (Å²) in [4.78, 5) is 33.7. The molecule has 1 saturated carbocycles. The number of halogens is 3. The van der Waals surface area contributed by atoms with Gasteiger partial charge in [0.05, 0.1) is 24.0 Å². The second-order valence-electron chi connectivity index (χ2n) is 11.9. The van der Waals surface area contributed by atoms with Crippen LogP contribution in [0.4, 0.5) is 14.5 Å². The van der Waals surface area contributed by atoms with Crippen molar-refractivity contribution in [1.29, 1.82) is 0 Å². The molecule has 0 aliphatic heterocycles. The minimum Gasteiger partial charge on any atom is -0.441 e. The first-order valence-corrected chi connectivity index (χ1v) is 15.6. The van der Waals surface area contributed by atoms with Gasteiger partial charge in [0, 0.05) is 29.9 Å². The van der Waals surface area contributed by atoms with E-state index in [1.807, 2.05) is 27.7 Å². The molecule has 16 heteroatoms. The second-order valence-corrected chi connectivity index (χ2v) is 12.8. The number of carbonyl (C=O) groups excluding carboxylic acids is 2. The molecule has 1 aliphatic carbocycles. The highest BCUT2D eigenvalue weighted by Gasteiger charge is 2.29. The van der Waals surface area contributed by atoms with Gasteiger partial charge in [-0.25, -0.2) is 19.0 Å². The van der Waals surface area contributed by atoms with Crippen LogP contribution in [0.1, 0.15) is 69.9 Å². The molecule has 1 amide bonds. The molecule has 248 valence electrons. The van der Waals surface area contributed by atoms with E-state index in [2.05, 4.69) is 25.5 Å². The maximum atomic E-state index is 14.8. The van der Waals surface area contributed by atoms with Crippen LogP contribution < -0.4 is 11.1 Å². The minimum atomic E-state index is -0.869. The van der Waals surface area contributed by atoms with E-state index in [4.69, 9.17) is 15.2 Å². The molecule has 0 aromatic carbocycles. The number of aromatic nitrogens is 6. The first kappa shape index (κ1) is 35.1. The number of pyridine rings is 1. The third kappa shape index (κ3) is 8.13. The van der Waals surface area contributed by atoms with Crippen molar-refractivity contribution in [1.82, 2.24) is 29.5 Å². The van der Waals surface area contributed by atoms with Gasteiger partial charge in [-0.05, 0) is 50.2 Å². The Morgan fingerprint density at radius 2 is 1.87 bits per heavy atom. The Labute approximate surface area is 275 Å². The van der Waals surface area contributed by atoms with E-state index in [1.165, 1.54) is 16.0 Å². The molecule has 0 spiro atoms. The number of nitrogens with two attached hydrogens (primary N) is 1. The van der Waals surface area contributed by atoms with Crippen molar-refractivity contribution in [3.8, 4) is 22.0 Å². The monoisotopic (exact) mass is 678 g/mol. The molecule has 3 N–H and O–H groups in total. The number of amides is 1. The lowest BCUT2D eigenvalue weighted by atomic mass is 9.87. The van der Waals surface area contributed by atoms with E-state index in [0.29, 0.717) is 17.2 Å². The van der Waals surface area contributed by atoms with E-state index < -0.39 is 35.1 Å². The molecule has 4 aromatic rings. The van der Waals surface area contributed by atoms with Crippen LogP contribution in [0.25, 0.3) is 22.0 Å². The second kappa shape index (κ2) is 14.8. The van der Waals surface area contributed by atoms with Crippen LogP contribution in [-0.4, -0.2) is 60.2 Å². The van der Waals surface area contributed by atoms with Gasteiger partial charge >= 0.3 is 5.97 Å². The number of thiazole rings is 1. The smallest absolute Gasteiger partial charge is 0.325 e. The van der Waals surface area contributed by atoms with Gasteiger partial charge in [0.25, 0.3) is 5.91 Å². The van der Waals surface area contributed by atoms with Gasteiger partial charge in [0.1, 0.15) is 28.1 Å². The van der Waals surface area contributed by atoms with Gasteiger partial charge < -0.3 is 20.5 Å². The first-order valence-electron chi connectivity index (χ1n) is 14.7. The Morgan fingerprint density at radius 1 is 1.13 bits per heavy atom. The topological polar surface area (TPSA) is 152 Å². The molecule has 4 aromatic heterocycles. The quantitative estimate of drug-likeness (QED) is 0.161. The van der Waals surface area contributed by atoms with Crippen LogP contribution in [0.5, 0.6) is 0 Å². The van der Waals surface area contributed by atoms with Crippen molar-refractivity contribution in [2.75, 3.05) is 11.9 Å². The van der Waals surface area contributed by atoms with Gasteiger partial charge in [-0.15, -0.1) is 23.7 Å². The van der Waals surface area contributed by atoms with Crippen molar-refractivity contribution in [3.05, 3.63) is 53.6 Å². The standard InChI is InChI=1S/C30H36F2N8O4S.ClH/c1-5-43-19-8-6-18(7-9-19)40-14-21(25(38-40)24-20(31)10-11-23(32)37-24)35-27(41)22-15-45-28(36-22)17-12-34-39(13-17)16-44-29(42)26(33)30(2,3)4;/h10-15,18-19,26H,5-9,16,33H2,1-4H3,(H,35,41);1H. The van der Waals surface area contributed by atoms with Crippen LogP contribution in [0.2, 0.25) is 0 Å². The Bertz CT molecular complexity index is 1660. The molecule has 12 nitrogen and oxygen atoms in total. The lowest BCUT2D eigenvalue weighted by molar-refractivity contribution is -0.152. The summed E-state index contributed by atoms with van der Waals surface area (Å²) in [5, 5.41) is 13.6. The lowest BCUT2D eigenvalue weighted by Crippen LogP contribution is -2.43. The molecule has 4 heterocycles. The summed E-state index contributed by atoms with van der Waals surface area (Å²) in [5.41, 5.74) is 6.11. The van der Waals surface area contributed by atoms with Crippen molar-refractivity contribution < 1.29 is 27.8 Å². The summed E-state index contributed by atoms with van der Waals surface area (Å²) >= 11 is 1.22. The summed E-state index contributed by atoms with van der Waals surface area (Å²) in [6.07, 6.45) is 8.22. The average Bonchev–Trinajstić information content (AvgIpc) is 3.77. The average molecular weight is 679 g/mol. The zero-order chi connectivity index (χ0) is 32.3. The molecule has 1 unspecified atom stereocenters. The Hall–Kier alpha value is -3.79. The molecule has 1 fully saturated rings. The van der Waals surface area contributed by atoms with Crippen LogP contribution in [0.15, 0.2) is 36.1 Å². The molecule has 1 atom stereocenters. The predicted molar refractivity (Wildman–Crippen MR) is 170 cm³/mol. The number of hydrogen-bond donors (Lipinski definition) is 2. The Balaban J connectivity index is 0.00000480. The van der Waals surface area contributed by atoms with Crippen LogP contribution in [0, 0.1) is 17.2 Å². The van der Waals surface area contributed by atoms with Crippen molar-refractivity contribution in [2.24, 2.45) is 11.1 Å². The zero-order valence-electron chi connectivity index (χ0n) is 25.9. The maximum absolute atomic E-state index is 14.8. The summed E-state index contributed by atoms with van der Waals surface area (Å²) in [6, 6.07) is 1.10. The highest BCUT2D eigenvalue weighted by molar-refractivity contribution is 7.13. The molecular formula is C30H37ClF2N8O4S. The minimum absolute atomic E-state index is 0. The molecule has 1 aliphatic rings. The van der Waals surface area contributed by atoms with Crippen molar-refractivity contribution >= 4 is 41.3 Å². The van der Waals surface area contributed by atoms with Crippen LogP contribution >= 0.6 is 23.7 Å². The molecule has 5 rings (SSSR count). The number of anilines is 1. The third-order valence-corrected chi connectivity index (χ3v) is 8.47. The number of nitrogens with one attached hydrogen (secondary N) is 1. The Morgan fingerprint density at radius 3 is 2.57 bits per heavy atom. The summed E-state index contributed by atoms with van der Waals surface area (Å²) in [5.74, 6) is -2.74. The summed E-state index contributed by atoms with van der Waals surface area (Å²) in [6.45, 7) is 8.01. The molecule has 0 saturated heterocycles. The number of carbonyl (C=O) groups is 2. The number of nitrogens with zero attached hydrogens (tertiary/aromatic N) is 6. The summed E-state index contributed by atoms with van der Waals surface area (Å²) in [7, 11) is 0. The summed E-state index contributed by atoms with van der Waals surface area (Å²) < 4.78 is 43.0. The predicted octanol–water partition coefficient (Wildman–Crippen LogP) is 5.61. The highest BCUT2D eigenvalue weighted by Crippen LogP contribution is 2.35. The molecule has 0 radical (unpaired) electrons. The molecular weight excluding hydrogens is 642 g/mol. The maximum Gasteiger partial charge on any atom is 0.325 e. The van der Waals surface area contributed by atoms with E-state index in [1.54, 1.807) is 28.7 Å². The first-order chi connectivity index (χ1) is 21.4.